The fourth-order valence-electron chi connectivity index (χ4n) is 1.45. The molecule has 0 aliphatic carbocycles. The zero-order chi connectivity index (χ0) is 10.6. The van der Waals surface area contributed by atoms with Crippen LogP contribution in [0.2, 0.25) is 0 Å². The number of carbonyl (C=O) groups is 1. The van der Waals surface area contributed by atoms with Gasteiger partial charge < -0.3 is 15.0 Å². The monoisotopic (exact) mass is 218 g/mol. The number of amides is 1. The Morgan fingerprint density at radius 1 is 1.71 bits per heavy atom. The summed E-state index contributed by atoms with van der Waals surface area (Å²) in [6.07, 6.45) is 1.89. The first-order valence-electron chi connectivity index (χ1n) is 4.78. The van der Waals surface area contributed by atoms with Gasteiger partial charge in [-0.15, -0.1) is 0 Å². The first-order valence-corrected chi connectivity index (χ1v) is 6.00. The lowest BCUT2D eigenvalue weighted by Gasteiger charge is -2.33. The van der Waals surface area contributed by atoms with E-state index in [-0.39, 0.29) is 17.4 Å². The summed E-state index contributed by atoms with van der Waals surface area (Å²) in [6, 6.07) is 0.0812. The van der Waals surface area contributed by atoms with Gasteiger partial charge in [0.05, 0.1) is 18.8 Å². The van der Waals surface area contributed by atoms with E-state index in [0.717, 1.165) is 19.7 Å². The van der Waals surface area contributed by atoms with Crippen molar-refractivity contribution in [1.29, 1.82) is 0 Å². The lowest BCUT2D eigenvalue weighted by Crippen LogP contribution is -2.50. The lowest BCUT2D eigenvalue weighted by molar-refractivity contribution is -0.0329. The third-order valence-electron chi connectivity index (χ3n) is 2.39. The van der Waals surface area contributed by atoms with E-state index in [1.165, 1.54) is 11.8 Å². The van der Waals surface area contributed by atoms with E-state index >= 15 is 0 Å². The first-order chi connectivity index (χ1) is 6.63. The molecule has 1 saturated heterocycles. The highest BCUT2D eigenvalue weighted by atomic mass is 32.2. The van der Waals surface area contributed by atoms with Crippen LogP contribution >= 0.6 is 11.8 Å². The number of thioether (sulfide) groups is 1. The molecule has 1 fully saturated rings. The second-order valence-corrected chi connectivity index (χ2v) is 4.38. The van der Waals surface area contributed by atoms with Crippen molar-refractivity contribution in [2.24, 2.45) is 0 Å². The highest BCUT2D eigenvalue weighted by molar-refractivity contribution is 8.12. The van der Waals surface area contributed by atoms with Crippen LogP contribution in [0.3, 0.4) is 0 Å². The van der Waals surface area contributed by atoms with Crippen LogP contribution in [0.25, 0.3) is 0 Å². The van der Waals surface area contributed by atoms with Gasteiger partial charge >= 0.3 is 0 Å². The molecule has 0 bridgehead atoms. The Morgan fingerprint density at radius 3 is 3.00 bits per heavy atom. The standard InChI is InChI=1S/C9H18N2O2S/c1-7(10-9(12)14-3)8-6-11(2)4-5-13-8/h7-8H,4-6H2,1-3H3,(H,10,12)/t7-,8-/m1/s1. The second kappa shape index (κ2) is 5.58. The maximum absolute atomic E-state index is 11.1. The molecule has 0 spiro atoms. The van der Waals surface area contributed by atoms with Crippen LogP contribution in [0, 0.1) is 0 Å². The Morgan fingerprint density at radius 2 is 2.43 bits per heavy atom. The van der Waals surface area contributed by atoms with E-state index in [1.54, 1.807) is 6.26 Å². The molecule has 4 nitrogen and oxygen atoms in total. The van der Waals surface area contributed by atoms with Crippen LogP contribution in [0.15, 0.2) is 0 Å². The molecule has 0 radical (unpaired) electrons. The average Bonchev–Trinajstić information content (AvgIpc) is 2.17. The number of hydrogen-bond donors (Lipinski definition) is 1. The summed E-state index contributed by atoms with van der Waals surface area (Å²) < 4.78 is 5.59. The second-order valence-electron chi connectivity index (χ2n) is 3.60. The number of hydrogen-bond acceptors (Lipinski definition) is 4. The zero-order valence-electron chi connectivity index (χ0n) is 8.95. The first kappa shape index (κ1) is 11.8. The highest BCUT2D eigenvalue weighted by Gasteiger charge is 2.24. The Hall–Kier alpha value is -0.260. The van der Waals surface area contributed by atoms with Gasteiger partial charge in [-0.25, -0.2) is 0 Å². The minimum atomic E-state index is 0.00864. The molecule has 1 aliphatic rings. The van der Waals surface area contributed by atoms with Crippen molar-refractivity contribution in [2.45, 2.75) is 19.1 Å². The van der Waals surface area contributed by atoms with Gasteiger partial charge in [0.1, 0.15) is 0 Å². The topological polar surface area (TPSA) is 41.6 Å². The van der Waals surface area contributed by atoms with Gasteiger partial charge in [-0.3, -0.25) is 4.79 Å². The summed E-state index contributed by atoms with van der Waals surface area (Å²) >= 11 is 1.20. The van der Waals surface area contributed by atoms with Crippen molar-refractivity contribution in [2.75, 3.05) is 33.0 Å². The predicted molar refractivity (Wildman–Crippen MR) is 58.7 cm³/mol. The minimum Gasteiger partial charge on any atom is -0.373 e. The molecule has 5 heteroatoms. The summed E-state index contributed by atoms with van der Waals surface area (Å²) in [6.45, 7) is 4.59. The molecule has 0 aromatic carbocycles. The van der Waals surface area contributed by atoms with Crippen LogP contribution in [0.1, 0.15) is 6.92 Å². The summed E-state index contributed by atoms with van der Waals surface area (Å²) in [5.74, 6) is 0. The summed E-state index contributed by atoms with van der Waals surface area (Å²) in [7, 11) is 2.07. The number of ether oxygens (including phenoxy) is 1. The summed E-state index contributed by atoms with van der Waals surface area (Å²) in [5.41, 5.74) is 0. The van der Waals surface area contributed by atoms with E-state index < -0.39 is 0 Å². The van der Waals surface area contributed by atoms with Crippen molar-refractivity contribution in [3.8, 4) is 0 Å². The van der Waals surface area contributed by atoms with E-state index in [2.05, 4.69) is 17.3 Å². The third-order valence-corrected chi connectivity index (χ3v) is 2.87. The molecule has 0 unspecified atom stereocenters. The van der Waals surface area contributed by atoms with Gasteiger partial charge in [0.15, 0.2) is 0 Å². The van der Waals surface area contributed by atoms with Gasteiger partial charge in [-0.05, 0) is 20.2 Å². The molecule has 1 heterocycles. The van der Waals surface area contributed by atoms with E-state index in [4.69, 9.17) is 4.74 Å². The van der Waals surface area contributed by atoms with E-state index in [9.17, 15) is 4.79 Å². The highest BCUT2D eigenvalue weighted by Crippen LogP contribution is 2.08. The smallest absolute Gasteiger partial charge is 0.279 e. The third kappa shape index (κ3) is 3.48. The molecule has 0 saturated carbocycles. The molecule has 82 valence electrons. The van der Waals surface area contributed by atoms with Gasteiger partial charge in [0, 0.05) is 13.1 Å². The largest absolute Gasteiger partial charge is 0.373 e. The maximum atomic E-state index is 11.1. The van der Waals surface area contributed by atoms with Crippen LogP contribution in [0.5, 0.6) is 0 Å². The number of likely N-dealkylation sites (N-methyl/N-ethyl adjacent to an activating group) is 1. The molecule has 1 aliphatic heterocycles. The molecule has 14 heavy (non-hydrogen) atoms. The molecular formula is C9H18N2O2S. The predicted octanol–water partition coefficient (Wildman–Crippen LogP) is 0.778. The number of rotatable bonds is 2. The van der Waals surface area contributed by atoms with Crippen LogP contribution in [-0.2, 0) is 4.74 Å². The van der Waals surface area contributed by atoms with Crippen LogP contribution in [0.4, 0.5) is 4.79 Å². The molecule has 0 aromatic heterocycles. The van der Waals surface area contributed by atoms with Crippen molar-refractivity contribution < 1.29 is 9.53 Å². The molecule has 1 amide bonds. The fraction of sp³-hybridized carbons (Fsp3) is 0.889. The van der Waals surface area contributed by atoms with Crippen molar-refractivity contribution in [1.82, 2.24) is 10.2 Å². The van der Waals surface area contributed by atoms with Gasteiger partial charge in [0.25, 0.3) is 5.24 Å². The van der Waals surface area contributed by atoms with Crippen molar-refractivity contribution >= 4 is 17.0 Å². The lowest BCUT2D eigenvalue weighted by atomic mass is 10.1. The van der Waals surface area contributed by atoms with Crippen LogP contribution < -0.4 is 5.32 Å². The SMILES string of the molecule is CSC(=O)N[C@H](C)[C@H]1CN(C)CCO1. The minimum absolute atomic E-state index is 0.00864. The molecule has 2 atom stereocenters. The fourth-order valence-corrected chi connectivity index (χ4v) is 1.76. The summed E-state index contributed by atoms with van der Waals surface area (Å²) in [5, 5.41) is 2.90. The average molecular weight is 218 g/mol. The number of nitrogens with zero attached hydrogens (tertiary/aromatic N) is 1. The van der Waals surface area contributed by atoms with Gasteiger partial charge in [-0.1, -0.05) is 11.8 Å². The number of morpholine rings is 1. The van der Waals surface area contributed by atoms with E-state index in [0.29, 0.717) is 0 Å². The van der Waals surface area contributed by atoms with Gasteiger partial charge in [0.2, 0.25) is 0 Å². The molecular weight excluding hydrogens is 200 g/mol. The van der Waals surface area contributed by atoms with Crippen molar-refractivity contribution in [3.05, 3.63) is 0 Å². The quantitative estimate of drug-likeness (QED) is 0.743. The Labute approximate surface area is 89.4 Å². The number of nitrogens with one attached hydrogen (secondary N) is 1. The van der Waals surface area contributed by atoms with Gasteiger partial charge in [-0.2, -0.15) is 0 Å². The van der Waals surface area contributed by atoms with Crippen molar-refractivity contribution in [3.63, 3.8) is 0 Å². The summed E-state index contributed by atoms with van der Waals surface area (Å²) in [4.78, 5) is 13.3. The van der Waals surface area contributed by atoms with Crippen LogP contribution in [-0.4, -0.2) is 55.3 Å². The Kier molecular flexibility index (Phi) is 4.71. The maximum Gasteiger partial charge on any atom is 0.279 e. The molecule has 0 aromatic rings. The Bertz CT molecular complexity index is 201. The molecule has 1 N–H and O–H groups in total. The normalized spacial score (nSPS) is 25.8. The number of carbonyl (C=O) groups excluding carboxylic acids is 1. The molecule has 1 rings (SSSR count). The van der Waals surface area contributed by atoms with E-state index in [1.807, 2.05) is 6.92 Å². The zero-order valence-corrected chi connectivity index (χ0v) is 9.76. The Balaban J connectivity index is 2.35.